The molecule has 102 valence electrons. The minimum atomic E-state index is -0.218. The Balaban J connectivity index is 2.53. The maximum absolute atomic E-state index is 11.8. The first-order valence-corrected chi connectivity index (χ1v) is 6.22. The third-order valence-electron chi connectivity index (χ3n) is 2.33. The van der Waals surface area contributed by atoms with Crippen LogP contribution in [0.5, 0.6) is 0 Å². The molecule has 19 heavy (non-hydrogen) atoms. The second kappa shape index (κ2) is 8.25. The molecule has 0 aliphatic heterocycles. The Kier molecular flexibility index (Phi) is 6.58. The Hall–Kier alpha value is -1.90. The van der Waals surface area contributed by atoms with Crippen LogP contribution in [-0.4, -0.2) is 36.7 Å². The fraction of sp³-hybridized carbons (Fsp3) is 0.429. The number of aromatic nitrogens is 1. The van der Waals surface area contributed by atoms with Crippen molar-refractivity contribution in [3.8, 4) is 11.8 Å². The van der Waals surface area contributed by atoms with E-state index in [-0.39, 0.29) is 12.0 Å². The van der Waals surface area contributed by atoms with E-state index in [4.69, 9.17) is 10.5 Å². The molecule has 1 unspecified atom stereocenters. The lowest BCUT2D eigenvalue weighted by Crippen LogP contribution is -2.32. The van der Waals surface area contributed by atoms with Crippen LogP contribution in [0.1, 0.15) is 29.9 Å². The van der Waals surface area contributed by atoms with E-state index in [1.165, 1.54) is 0 Å². The third kappa shape index (κ3) is 5.51. The predicted octanol–water partition coefficient (Wildman–Crippen LogP) is 0.547. The standard InChI is InChI=1S/C14H19N3O2/c1-3-19-11(2)9-17-14(18)13-7-6-12(10-16-13)5-4-8-15/h6-7,10-11H,3,8-9,15H2,1-2H3,(H,17,18). The molecule has 1 aromatic rings. The Morgan fingerprint density at radius 3 is 2.95 bits per heavy atom. The molecule has 5 nitrogen and oxygen atoms in total. The number of nitrogens with two attached hydrogens (primary N) is 1. The summed E-state index contributed by atoms with van der Waals surface area (Å²) in [7, 11) is 0. The molecule has 0 bridgehead atoms. The van der Waals surface area contributed by atoms with Gasteiger partial charge in [-0.05, 0) is 26.0 Å². The van der Waals surface area contributed by atoms with Gasteiger partial charge in [-0.1, -0.05) is 11.8 Å². The van der Waals surface area contributed by atoms with Gasteiger partial charge in [0.2, 0.25) is 0 Å². The molecule has 0 spiro atoms. The van der Waals surface area contributed by atoms with Crippen LogP contribution in [0.15, 0.2) is 18.3 Å². The van der Waals surface area contributed by atoms with Crippen LogP contribution in [0.3, 0.4) is 0 Å². The first kappa shape index (κ1) is 15.2. The Morgan fingerprint density at radius 2 is 2.37 bits per heavy atom. The SMILES string of the molecule is CCOC(C)CNC(=O)c1ccc(C#CCN)cn1. The molecule has 0 radical (unpaired) electrons. The number of hydrogen-bond donors (Lipinski definition) is 2. The minimum absolute atomic E-state index is 0.0105. The lowest BCUT2D eigenvalue weighted by atomic mass is 10.2. The lowest BCUT2D eigenvalue weighted by Gasteiger charge is -2.12. The molecule has 0 aromatic carbocycles. The third-order valence-corrected chi connectivity index (χ3v) is 2.33. The molecule has 1 heterocycles. The highest BCUT2D eigenvalue weighted by Gasteiger charge is 2.08. The van der Waals surface area contributed by atoms with Gasteiger partial charge in [-0.15, -0.1) is 0 Å². The molecule has 0 fully saturated rings. The average Bonchev–Trinajstić information content (AvgIpc) is 2.43. The van der Waals surface area contributed by atoms with Crippen LogP contribution < -0.4 is 11.1 Å². The van der Waals surface area contributed by atoms with E-state index in [0.717, 1.165) is 5.56 Å². The maximum Gasteiger partial charge on any atom is 0.269 e. The van der Waals surface area contributed by atoms with Crippen LogP contribution in [0.4, 0.5) is 0 Å². The molecule has 1 aromatic heterocycles. The number of pyridine rings is 1. The van der Waals surface area contributed by atoms with Gasteiger partial charge < -0.3 is 15.8 Å². The van der Waals surface area contributed by atoms with E-state index in [1.807, 2.05) is 13.8 Å². The van der Waals surface area contributed by atoms with Crippen molar-refractivity contribution in [3.63, 3.8) is 0 Å². The van der Waals surface area contributed by atoms with Gasteiger partial charge >= 0.3 is 0 Å². The normalized spacial score (nSPS) is 11.3. The van der Waals surface area contributed by atoms with E-state index in [2.05, 4.69) is 22.1 Å². The summed E-state index contributed by atoms with van der Waals surface area (Å²) in [5.41, 5.74) is 6.38. The molecule has 1 rings (SSSR count). The van der Waals surface area contributed by atoms with E-state index in [9.17, 15) is 4.79 Å². The smallest absolute Gasteiger partial charge is 0.269 e. The molecule has 1 atom stereocenters. The van der Waals surface area contributed by atoms with Crippen molar-refractivity contribution < 1.29 is 9.53 Å². The highest BCUT2D eigenvalue weighted by molar-refractivity contribution is 5.92. The highest BCUT2D eigenvalue weighted by Crippen LogP contribution is 1.99. The quantitative estimate of drug-likeness (QED) is 0.759. The van der Waals surface area contributed by atoms with Crippen molar-refractivity contribution in [1.29, 1.82) is 0 Å². The fourth-order valence-electron chi connectivity index (χ4n) is 1.43. The summed E-state index contributed by atoms with van der Waals surface area (Å²) in [6.45, 7) is 5.22. The van der Waals surface area contributed by atoms with E-state index < -0.39 is 0 Å². The second-order valence-electron chi connectivity index (χ2n) is 3.91. The summed E-state index contributed by atoms with van der Waals surface area (Å²) in [4.78, 5) is 15.9. The van der Waals surface area contributed by atoms with Gasteiger partial charge in [-0.3, -0.25) is 4.79 Å². The fourth-order valence-corrected chi connectivity index (χ4v) is 1.43. The number of ether oxygens (including phenoxy) is 1. The van der Waals surface area contributed by atoms with Crippen molar-refractivity contribution in [2.45, 2.75) is 20.0 Å². The van der Waals surface area contributed by atoms with Crippen molar-refractivity contribution in [1.82, 2.24) is 10.3 Å². The van der Waals surface area contributed by atoms with Crippen LogP contribution in [-0.2, 0) is 4.74 Å². The van der Waals surface area contributed by atoms with Gasteiger partial charge in [-0.2, -0.15) is 0 Å². The van der Waals surface area contributed by atoms with Gasteiger partial charge in [0, 0.05) is 24.9 Å². The Labute approximate surface area is 113 Å². The number of hydrogen-bond acceptors (Lipinski definition) is 4. The van der Waals surface area contributed by atoms with Gasteiger partial charge in [0.1, 0.15) is 5.69 Å². The summed E-state index contributed by atoms with van der Waals surface area (Å²) in [5.74, 6) is 5.36. The largest absolute Gasteiger partial charge is 0.377 e. The van der Waals surface area contributed by atoms with E-state index >= 15 is 0 Å². The second-order valence-corrected chi connectivity index (χ2v) is 3.91. The molecule has 0 saturated heterocycles. The maximum atomic E-state index is 11.8. The summed E-state index contributed by atoms with van der Waals surface area (Å²) in [6.07, 6.45) is 1.55. The predicted molar refractivity (Wildman–Crippen MR) is 73.6 cm³/mol. The van der Waals surface area contributed by atoms with Crippen LogP contribution in [0.2, 0.25) is 0 Å². The van der Waals surface area contributed by atoms with Gasteiger partial charge in [-0.25, -0.2) is 4.98 Å². The van der Waals surface area contributed by atoms with Crippen molar-refractivity contribution >= 4 is 5.91 Å². The molecule has 3 N–H and O–H groups in total. The van der Waals surface area contributed by atoms with Crippen molar-refractivity contribution in [2.75, 3.05) is 19.7 Å². The van der Waals surface area contributed by atoms with Gasteiger partial charge in [0.05, 0.1) is 12.6 Å². The zero-order chi connectivity index (χ0) is 14.1. The summed E-state index contributed by atoms with van der Waals surface area (Å²) in [6, 6.07) is 3.39. The number of rotatable bonds is 5. The highest BCUT2D eigenvalue weighted by atomic mass is 16.5. The molecule has 1 amide bonds. The molecule has 5 heteroatoms. The first-order chi connectivity index (χ1) is 9.17. The number of nitrogens with zero attached hydrogens (tertiary/aromatic N) is 1. The minimum Gasteiger partial charge on any atom is -0.377 e. The lowest BCUT2D eigenvalue weighted by molar-refractivity contribution is 0.0693. The Morgan fingerprint density at radius 1 is 1.58 bits per heavy atom. The Bertz CT molecular complexity index is 460. The molecular formula is C14H19N3O2. The van der Waals surface area contributed by atoms with Gasteiger partial charge in [0.25, 0.3) is 5.91 Å². The number of nitrogens with one attached hydrogen (secondary N) is 1. The van der Waals surface area contributed by atoms with Crippen LogP contribution in [0.25, 0.3) is 0 Å². The first-order valence-electron chi connectivity index (χ1n) is 6.22. The molecule has 0 aliphatic rings. The zero-order valence-corrected chi connectivity index (χ0v) is 11.3. The van der Waals surface area contributed by atoms with Crippen molar-refractivity contribution in [3.05, 3.63) is 29.6 Å². The molecule has 0 aliphatic carbocycles. The van der Waals surface area contributed by atoms with Crippen molar-refractivity contribution in [2.24, 2.45) is 5.73 Å². The summed E-state index contributed by atoms with van der Waals surface area (Å²) in [5, 5.41) is 2.76. The van der Waals surface area contributed by atoms with E-state index in [1.54, 1.807) is 18.3 Å². The van der Waals surface area contributed by atoms with E-state index in [0.29, 0.717) is 25.4 Å². The van der Waals surface area contributed by atoms with Crippen LogP contribution in [0, 0.1) is 11.8 Å². The summed E-state index contributed by atoms with van der Waals surface area (Å²) < 4.78 is 5.33. The van der Waals surface area contributed by atoms with Gasteiger partial charge in [0.15, 0.2) is 0 Å². The molecular weight excluding hydrogens is 242 g/mol. The monoisotopic (exact) mass is 261 g/mol. The summed E-state index contributed by atoms with van der Waals surface area (Å²) >= 11 is 0. The number of carbonyl (C=O) groups excluding carboxylic acids is 1. The average molecular weight is 261 g/mol. The van der Waals surface area contributed by atoms with Crippen LogP contribution >= 0.6 is 0 Å². The topological polar surface area (TPSA) is 77.2 Å². The zero-order valence-electron chi connectivity index (χ0n) is 11.3. The number of carbonyl (C=O) groups is 1. The number of amides is 1. The molecule has 0 saturated carbocycles.